The van der Waals surface area contributed by atoms with E-state index in [0.29, 0.717) is 5.02 Å². The fourth-order valence-electron chi connectivity index (χ4n) is 1.55. The van der Waals surface area contributed by atoms with Gasteiger partial charge in [-0.3, -0.25) is 4.98 Å². The highest BCUT2D eigenvalue weighted by Crippen LogP contribution is 2.24. The van der Waals surface area contributed by atoms with E-state index < -0.39 is 0 Å². The number of aromatic nitrogens is 1. The molecule has 0 spiro atoms. The quantitative estimate of drug-likeness (QED) is 0.907. The van der Waals surface area contributed by atoms with Crippen molar-refractivity contribution in [3.63, 3.8) is 0 Å². The molecule has 0 amide bonds. The van der Waals surface area contributed by atoms with Gasteiger partial charge in [0.15, 0.2) is 0 Å². The fourth-order valence-corrected chi connectivity index (χ4v) is 1.71. The molecule has 0 unspecified atom stereocenters. The molecule has 1 aromatic rings. The standard InChI is InChI=1S/C10H13ClN2O.2ClH/c11-9-7-13-6-3-10(9)14-8-1-4-12-5-2-8;;/h3,6-8,12H,1-2,4-5H2;2*1H. The van der Waals surface area contributed by atoms with E-state index >= 15 is 0 Å². The Labute approximate surface area is 113 Å². The summed E-state index contributed by atoms with van der Waals surface area (Å²) < 4.78 is 5.77. The summed E-state index contributed by atoms with van der Waals surface area (Å²) >= 11 is 5.94. The minimum atomic E-state index is 0. The summed E-state index contributed by atoms with van der Waals surface area (Å²) in [6, 6.07) is 1.81. The lowest BCUT2D eigenvalue weighted by molar-refractivity contribution is 0.162. The third-order valence-electron chi connectivity index (χ3n) is 2.32. The van der Waals surface area contributed by atoms with E-state index in [9.17, 15) is 0 Å². The zero-order valence-corrected chi connectivity index (χ0v) is 11.1. The Morgan fingerprint density at radius 2 is 2.00 bits per heavy atom. The highest BCUT2D eigenvalue weighted by molar-refractivity contribution is 6.31. The second-order valence-electron chi connectivity index (χ2n) is 3.37. The van der Waals surface area contributed by atoms with E-state index in [4.69, 9.17) is 16.3 Å². The van der Waals surface area contributed by atoms with E-state index in [1.54, 1.807) is 12.4 Å². The molecule has 0 aromatic carbocycles. The van der Waals surface area contributed by atoms with Gasteiger partial charge in [-0.2, -0.15) is 0 Å². The van der Waals surface area contributed by atoms with Crippen LogP contribution in [0.2, 0.25) is 5.02 Å². The molecule has 1 aliphatic rings. The number of hydrogen-bond acceptors (Lipinski definition) is 3. The van der Waals surface area contributed by atoms with Gasteiger partial charge < -0.3 is 10.1 Å². The van der Waals surface area contributed by atoms with Crippen LogP contribution in [0.4, 0.5) is 0 Å². The predicted octanol–water partition coefficient (Wildman–Crippen LogP) is 2.71. The molecule has 1 aliphatic heterocycles. The zero-order valence-electron chi connectivity index (χ0n) is 8.69. The van der Waals surface area contributed by atoms with Crippen molar-refractivity contribution in [3.05, 3.63) is 23.5 Å². The summed E-state index contributed by atoms with van der Waals surface area (Å²) in [7, 11) is 0. The molecule has 1 N–H and O–H groups in total. The van der Waals surface area contributed by atoms with Crippen molar-refractivity contribution < 1.29 is 4.74 Å². The molecule has 92 valence electrons. The van der Waals surface area contributed by atoms with Crippen LogP contribution in [0.1, 0.15) is 12.8 Å². The second-order valence-corrected chi connectivity index (χ2v) is 3.78. The topological polar surface area (TPSA) is 34.1 Å². The van der Waals surface area contributed by atoms with Gasteiger partial charge in [0.2, 0.25) is 0 Å². The minimum Gasteiger partial charge on any atom is -0.489 e. The van der Waals surface area contributed by atoms with Crippen LogP contribution in [0, 0.1) is 0 Å². The van der Waals surface area contributed by atoms with E-state index in [0.717, 1.165) is 31.7 Å². The highest BCUT2D eigenvalue weighted by Gasteiger charge is 2.15. The smallest absolute Gasteiger partial charge is 0.141 e. The van der Waals surface area contributed by atoms with Crippen molar-refractivity contribution in [2.45, 2.75) is 18.9 Å². The van der Waals surface area contributed by atoms with Crippen molar-refractivity contribution in [1.29, 1.82) is 0 Å². The molecule has 0 aliphatic carbocycles. The third kappa shape index (κ3) is 4.34. The monoisotopic (exact) mass is 284 g/mol. The number of halogens is 3. The first-order valence-electron chi connectivity index (χ1n) is 4.83. The van der Waals surface area contributed by atoms with Crippen LogP contribution in [-0.4, -0.2) is 24.2 Å². The molecule has 0 atom stereocenters. The van der Waals surface area contributed by atoms with Gasteiger partial charge in [0.1, 0.15) is 16.9 Å². The molecule has 1 saturated heterocycles. The average molecular weight is 286 g/mol. The van der Waals surface area contributed by atoms with E-state index in [1.807, 2.05) is 6.07 Å². The van der Waals surface area contributed by atoms with Gasteiger partial charge in [0.05, 0.1) is 0 Å². The maximum absolute atomic E-state index is 5.94. The van der Waals surface area contributed by atoms with Gasteiger partial charge in [-0.15, -0.1) is 24.8 Å². The molecule has 3 nitrogen and oxygen atoms in total. The largest absolute Gasteiger partial charge is 0.489 e. The van der Waals surface area contributed by atoms with E-state index in [-0.39, 0.29) is 30.9 Å². The summed E-state index contributed by atoms with van der Waals surface area (Å²) in [5.41, 5.74) is 0. The predicted molar refractivity (Wildman–Crippen MR) is 70.3 cm³/mol. The van der Waals surface area contributed by atoms with Crippen LogP contribution < -0.4 is 10.1 Å². The number of ether oxygens (including phenoxy) is 1. The Balaban J connectivity index is 0.00000112. The van der Waals surface area contributed by atoms with Gasteiger partial charge in [-0.05, 0) is 25.9 Å². The lowest BCUT2D eigenvalue weighted by atomic mass is 10.1. The Morgan fingerprint density at radius 3 is 2.62 bits per heavy atom. The number of rotatable bonds is 2. The van der Waals surface area contributed by atoms with E-state index in [2.05, 4.69) is 10.3 Å². The first-order valence-corrected chi connectivity index (χ1v) is 5.21. The Bertz CT molecular complexity index is 306. The van der Waals surface area contributed by atoms with Crippen molar-refractivity contribution in [2.24, 2.45) is 0 Å². The maximum Gasteiger partial charge on any atom is 0.141 e. The third-order valence-corrected chi connectivity index (χ3v) is 2.60. The first-order chi connectivity index (χ1) is 6.86. The van der Waals surface area contributed by atoms with Crippen LogP contribution in [0.5, 0.6) is 5.75 Å². The highest BCUT2D eigenvalue weighted by atomic mass is 35.5. The summed E-state index contributed by atoms with van der Waals surface area (Å²) in [5, 5.41) is 3.88. The molecule has 2 heterocycles. The van der Waals surface area contributed by atoms with Crippen LogP contribution in [0.15, 0.2) is 18.5 Å². The van der Waals surface area contributed by atoms with Crippen molar-refractivity contribution in [3.8, 4) is 5.75 Å². The van der Waals surface area contributed by atoms with Gasteiger partial charge in [-0.1, -0.05) is 11.6 Å². The number of piperidine rings is 1. The normalized spacial score (nSPS) is 15.8. The lowest BCUT2D eigenvalue weighted by Gasteiger charge is -2.24. The van der Waals surface area contributed by atoms with Crippen LogP contribution in [0.3, 0.4) is 0 Å². The Morgan fingerprint density at radius 1 is 1.31 bits per heavy atom. The Kier molecular flexibility index (Phi) is 7.85. The van der Waals surface area contributed by atoms with Crippen LogP contribution in [0.25, 0.3) is 0 Å². The van der Waals surface area contributed by atoms with Gasteiger partial charge >= 0.3 is 0 Å². The van der Waals surface area contributed by atoms with Crippen molar-refractivity contribution >= 4 is 36.4 Å². The van der Waals surface area contributed by atoms with Crippen LogP contribution >= 0.6 is 36.4 Å². The fraction of sp³-hybridized carbons (Fsp3) is 0.500. The molecular formula is C10H15Cl3N2O. The molecule has 6 heteroatoms. The number of hydrogen-bond donors (Lipinski definition) is 1. The van der Waals surface area contributed by atoms with Crippen molar-refractivity contribution in [1.82, 2.24) is 10.3 Å². The Hall–Kier alpha value is -0.220. The molecule has 1 aromatic heterocycles. The summed E-state index contributed by atoms with van der Waals surface area (Å²) in [6.07, 6.45) is 5.67. The molecule has 2 rings (SSSR count). The van der Waals surface area contributed by atoms with Gasteiger partial charge in [0, 0.05) is 18.5 Å². The van der Waals surface area contributed by atoms with Gasteiger partial charge in [0.25, 0.3) is 0 Å². The summed E-state index contributed by atoms with van der Waals surface area (Å²) in [6.45, 7) is 2.04. The van der Waals surface area contributed by atoms with Crippen LogP contribution in [-0.2, 0) is 0 Å². The molecule has 1 fully saturated rings. The molecule has 0 saturated carbocycles. The van der Waals surface area contributed by atoms with E-state index in [1.165, 1.54) is 0 Å². The molecule has 0 bridgehead atoms. The van der Waals surface area contributed by atoms with Gasteiger partial charge in [-0.25, -0.2) is 0 Å². The second kappa shape index (κ2) is 7.96. The number of nitrogens with zero attached hydrogens (tertiary/aromatic N) is 1. The molecular weight excluding hydrogens is 270 g/mol. The molecule has 16 heavy (non-hydrogen) atoms. The number of nitrogens with one attached hydrogen (secondary N) is 1. The zero-order chi connectivity index (χ0) is 9.80. The lowest BCUT2D eigenvalue weighted by Crippen LogP contribution is -2.34. The maximum atomic E-state index is 5.94. The molecule has 0 radical (unpaired) electrons. The van der Waals surface area contributed by atoms with Crippen molar-refractivity contribution in [2.75, 3.05) is 13.1 Å². The number of pyridine rings is 1. The summed E-state index contributed by atoms with van der Waals surface area (Å²) in [4.78, 5) is 3.91. The average Bonchev–Trinajstić information content (AvgIpc) is 2.23. The first kappa shape index (κ1) is 15.8. The summed E-state index contributed by atoms with van der Waals surface area (Å²) in [5.74, 6) is 0.744. The minimum absolute atomic E-state index is 0. The SMILES string of the molecule is Cl.Cl.Clc1cnccc1OC1CCNCC1.